The van der Waals surface area contributed by atoms with Gasteiger partial charge in [0.2, 0.25) is 10.0 Å². The molecule has 3 aromatic carbocycles. The van der Waals surface area contributed by atoms with E-state index in [1.54, 1.807) is 60.8 Å². The zero-order valence-electron chi connectivity index (χ0n) is 23.0. The molecule has 0 atom stereocenters. The summed E-state index contributed by atoms with van der Waals surface area (Å²) in [6.45, 7) is 3.51. The van der Waals surface area contributed by atoms with E-state index in [1.807, 2.05) is 18.2 Å². The molecule has 1 saturated heterocycles. The van der Waals surface area contributed by atoms with Gasteiger partial charge in [0.1, 0.15) is 5.82 Å². The van der Waals surface area contributed by atoms with Crippen LogP contribution in [0, 0.1) is 0 Å². The Labute approximate surface area is 253 Å². The number of halogens is 1. The molecule has 2 heterocycles. The predicted octanol–water partition coefficient (Wildman–Crippen LogP) is 4.59. The number of Topliss-reactive ketones (excluding diaryl/α,β-unsaturated/α-hetero) is 1. The van der Waals surface area contributed by atoms with Crippen molar-refractivity contribution in [3.8, 4) is 11.1 Å². The Balaban J connectivity index is 1.41. The van der Waals surface area contributed by atoms with Crippen molar-refractivity contribution < 1.29 is 18.0 Å². The molecule has 0 unspecified atom stereocenters. The fourth-order valence-electron chi connectivity index (χ4n) is 4.89. The number of anilines is 2. The molecule has 0 aliphatic carbocycles. The van der Waals surface area contributed by atoms with Crippen LogP contribution in [0.25, 0.3) is 11.1 Å². The third-order valence-corrected chi connectivity index (χ3v) is 8.68. The van der Waals surface area contributed by atoms with Gasteiger partial charge < -0.3 is 15.1 Å². The first-order chi connectivity index (χ1) is 20.1. The molecule has 1 amide bonds. The van der Waals surface area contributed by atoms with Gasteiger partial charge in [0.15, 0.2) is 5.78 Å². The van der Waals surface area contributed by atoms with Crippen LogP contribution in [0.5, 0.6) is 0 Å². The molecule has 42 heavy (non-hydrogen) atoms. The number of carbonyl (C=O) groups is 2. The van der Waals surface area contributed by atoms with Crippen molar-refractivity contribution >= 4 is 49.1 Å². The van der Waals surface area contributed by atoms with Crippen molar-refractivity contribution in [3.63, 3.8) is 0 Å². The largest absolute Gasteiger partial charge is 0.369 e. The number of piperazine rings is 1. The van der Waals surface area contributed by atoms with Crippen molar-refractivity contribution in [2.24, 2.45) is 5.14 Å². The summed E-state index contributed by atoms with van der Waals surface area (Å²) in [4.78, 5) is 35.6. The second-order valence-electron chi connectivity index (χ2n) is 10.2. The minimum atomic E-state index is -3.92. The van der Waals surface area contributed by atoms with Crippen LogP contribution in [0.3, 0.4) is 0 Å². The number of likely N-dealkylation sites (N-methyl/N-ethyl adjacent to an activating group) is 1. The molecular weight excluding hydrogens is 618 g/mol. The number of sulfonamides is 1. The van der Waals surface area contributed by atoms with Crippen LogP contribution in [-0.2, 0) is 16.4 Å². The predicted molar refractivity (Wildman–Crippen MR) is 167 cm³/mol. The maximum atomic E-state index is 13.5. The lowest BCUT2D eigenvalue weighted by atomic mass is 9.96. The van der Waals surface area contributed by atoms with E-state index in [4.69, 9.17) is 5.14 Å². The monoisotopic (exact) mass is 647 g/mol. The molecule has 1 aliphatic heterocycles. The average Bonchev–Trinajstić information content (AvgIpc) is 2.98. The molecule has 0 spiro atoms. The number of amides is 1. The Morgan fingerprint density at radius 2 is 1.67 bits per heavy atom. The van der Waals surface area contributed by atoms with E-state index in [0.29, 0.717) is 33.6 Å². The lowest BCUT2D eigenvalue weighted by Gasteiger charge is -2.34. The van der Waals surface area contributed by atoms with Crippen LogP contribution < -0.4 is 15.4 Å². The third kappa shape index (κ3) is 6.93. The molecule has 11 heteroatoms. The van der Waals surface area contributed by atoms with E-state index in [1.165, 1.54) is 6.07 Å². The van der Waals surface area contributed by atoms with Crippen LogP contribution in [-0.4, -0.2) is 63.2 Å². The van der Waals surface area contributed by atoms with E-state index in [0.717, 1.165) is 36.3 Å². The highest BCUT2D eigenvalue weighted by Crippen LogP contribution is 2.28. The second kappa shape index (κ2) is 12.5. The molecule has 1 fully saturated rings. The van der Waals surface area contributed by atoms with Crippen LogP contribution >= 0.6 is 15.9 Å². The first-order valence-corrected chi connectivity index (χ1v) is 15.7. The van der Waals surface area contributed by atoms with Crippen molar-refractivity contribution in [2.75, 3.05) is 43.4 Å². The van der Waals surface area contributed by atoms with Crippen molar-refractivity contribution in [2.45, 2.75) is 11.3 Å². The summed E-state index contributed by atoms with van der Waals surface area (Å²) in [5.74, 6) is -0.121. The van der Waals surface area contributed by atoms with Gasteiger partial charge in [-0.05, 0) is 64.4 Å². The molecule has 4 aromatic rings. The Bertz CT molecular complexity index is 1720. The van der Waals surface area contributed by atoms with Gasteiger partial charge in [-0.15, -0.1) is 0 Å². The second-order valence-corrected chi connectivity index (χ2v) is 12.6. The van der Waals surface area contributed by atoms with Gasteiger partial charge in [0, 0.05) is 65.6 Å². The standard InChI is InChI=1S/C31H30BrN5O4S/c1-36-14-16-37(17-15-36)25-12-10-23(27(19-25)31(39)35-30-13-11-24(32)20-34-30)18-28(38)22-8-6-21(7-9-22)26-4-2-3-5-29(26)42(33,40)41/h2-13,19-20H,14-18H2,1H3,(H2,33,40,41)(H,34,35,39). The fourth-order valence-corrected chi connectivity index (χ4v) is 5.88. The molecule has 3 N–H and O–H groups in total. The number of ketones is 1. The van der Waals surface area contributed by atoms with Crippen LogP contribution in [0.2, 0.25) is 0 Å². The molecule has 5 rings (SSSR count). The number of aromatic nitrogens is 1. The summed E-state index contributed by atoms with van der Waals surface area (Å²) < 4.78 is 24.9. The average molecular weight is 649 g/mol. The maximum absolute atomic E-state index is 13.5. The minimum Gasteiger partial charge on any atom is -0.369 e. The number of pyridine rings is 1. The summed E-state index contributed by atoms with van der Waals surface area (Å²) in [5.41, 5.74) is 3.44. The zero-order valence-corrected chi connectivity index (χ0v) is 25.4. The number of nitrogens with zero attached hydrogens (tertiary/aromatic N) is 3. The molecule has 216 valence electrons. The molecule has 0 radical (unpaired) electrons. The summed E-state index contributed by atoms with van der Waals surface area (Å²) >= 11 is 3.35. The molecule has 9 nitrogen and oxygen atoms in total. The molecule has 0 bridgehead atoms. The summed E-state index contributed by atoms with van der Waals surface area (Å²) in [6.07, 6.45) is 1.61. The maximum Gasteiger partial charge on any atom is 0.257 e. The van der Waals surface area contributed by atoms with Crippen LogP contribution in [0.1, 0.15) is 26.3 Å². The number of hydrogen-bond acceptors (Lipinski definition) is 7. The summed E-state index contributed by atoms with van der Waals surface area (Å²) in [5, 5.41) is 8.24. The molecule has 1 aromatic heterocycles. The van der Waals surface area contributed by atoms with E-state index in [-0.39, 0.29) is 23.0 Å². The Morgan fingerprint density at radius 3 is 2.33 bits per heavy atom. The summed E-state index contributed by atoms with van der Waals surface area (Å²) in [6, 6.07) is 22.3. The number of nitrogens with one attached hydrogen (secondary N) is 1. The lowest BCUT2D eigenvalue weighted by molar-refractivity contribution is 0.0992. The van der Waals surface area contributed by atoms with Gasteiger partial charge in [0.05, 0.1) is 4.90 Å². The lowest BCUT2D eigenvalue weighted by Crippen LogP contribution is -2.44. The van der Waals surface area contributed by atoms with Crippen molar-refractivity contribution in [3.05, 3.63) is 106 Å². The van der Waals surface area contributed by atoms with Gasteiger partial charge in [0.25, 0.3) is 5.91 Å². The zero-order chi connectivity index (χ0) is 29.9. The smallest absolute Gasteiger partial charge is 0.257 e. The quantitative estimate of drug-likeness (QED) is 0.268. The number of hydrogen-bond donors (Lipinski definition) is 2. The van der Waals surface area contributed by atoms with Gasteiger partial charge in [-0.1, -0.05) is 48.5 Å². The normalized spacial score (nSPS) is 14.0. The number of rotatable bonds is 8. The van der Waals surface area contributed by atoms with E-state index in [2.05, 4.69) is 43.1 Å². The molecule has 1 aliphatic rings. The minimum absolute atomic E-state index is 0.00660. The Kier molecular flexibility index (Phi) is 8.83. The van der Waals surface area contributed by atoms with Crippen molar-refractivity contribution in [1.29, 1.82) is 0 Å². The van der Waals surface area contributed by atoms with Gasteiger partial charge in [-0.25, -0.2) is 18.5 Å². The Hall–Kier alpha value is -3.90. The Morgan fingerprint density at radius 1 is 0.952 bits per heavy atom. The van der Waals surface area contributed by atoms with Gasteiger partial charge in [-0.2, -0.15) is 0 Å². The van der Waals surface area contributed by atoms with Crippen LogP contribution in [0.4, 0.5) is 11.5 Å². The van der Waals surface area contributed by atoms with Crippen molar-refractivity contribution in [1.82, 2.24) is 9.88 Å². The number of benzene rings is 3. The van der Waals surface area contributed by atoms with Crippen LogP contribution in [0.15, 0.2) is 94.4 Å². The first kappa shape index (κ1) is 29.6. The van der Waals surface area contributed by atoms with E-state index >= 15 is 0 Å². The molecular formula is C31H30BrN5O4S. The number of nitrogens with two attached hydrogens (primary N) is 1. The van der Waals surface area contributed by atoms with Gasteiger partial charge >= 0.3 is 0 Å². The highest BCUT2D eigenvalue weighted by Gasteiger charge is 2.21. The number of carbonyl (C=O) groups excluding carboxylic acids is 2. The topological polar surface area (TPSA) is 126 Å². The van der Waals surface area contributed by atoms with E-state index in [9.17, 15) is 18.0 Å². The number of primary sulfonamides is 1. The highest BCUT2D eigenvalue weighted by atomic mass is 79.9. The third-order valence-electron chi connectivity index (χ3n) is 7.24. The fraction of sp³-hybridized carbons (Fsp3) is 0.194. The van der Waals surface area contributed by atoms with Gasteiger partial charge in [-0.3, -0.25) is 9.59 Å². The first-order valence-electron chi connectivity index (χ1n) is 13.3. The summed E-state index contributed by atoms with van der Waals surface area (Å²) in [7, 11) is -1.83. The SMILES string of the molecule is CN1CCN(c2ccc(CC(=O)c3ccc(-c4ccccc4S(N)(=O)=O)cc3)c(C(=O)Nc3ccc(Br)cn3)c2)CC1. The highest BCUT2D eigenvalue weighted by molar-refractivity contribution is 9.10. The molecule has 0 saturated carbocycles. The van der Waals surface area contributed by atoms with E-state index < -0.39 is 10.0 Å².